The van der Waals surface area contributed by atoms with Crippen LogP contribution in [0.15, 0.2) is 12.4 Å². The second-order valence-corrected chi connectivity index (χ2v) is 9.24. The van der Waals surface area contributed by atoms with E-state index in [1.165, 1.54) is 11.1 Å². The van der Waals surface area contributed by atoms with E-state index in [4.69, 9.17) is 4.55 Å². The number of carbonyl (C=O) groups excluding carboxylic acids is 3. The lowest BCUT2D eigenvalue weighted by atomic mass is 10.00. The first-order valence-electron chi connectivity index (χ1n) is 9.33. The van der Waals surface area contributed by atoms with Crippen molar-refractivity contribution in [3.05, 3.63) is 18.2 Å². The van der Waals surface area contributed by atoms with Gasteiger partial charge in [0.2, 0.25) is 0 Å². The topological polar surface area (TPSA) is 144 Å². The molecule has 3 amide bonds. The Hall–Kier alpha value is -2.51. The lowest BCUT2D eigenvalue weighted by Gasteiger charge is -2.44. The summed E-state index contributed by atoms with van der Waals surface area (Å²) in [7, 11) is -2.67. The third kappa shape index (κ3) is 3.38. The van der Waals surface area contributed by atoms with Crippen LogP contribution >= 0.6 is 0 Å². The van der Waals surface area contributed by atoms with E-state index in [0.29, 0.717) is 41.4 Å². The molecule has 3 fully saturated rings. The number of carbonyl (C=O) groups is 3. The second kappa shape index (κ2) is 6.78. The number of H-pyrrole nitrogens is 1. The molecule has 158 valence electrons. The van der Waals surface area contributed by atoms with Gasteiger partial charge in [-0.15, -0.1) is 0 Å². The van der Waals surface area contributed by atoms with Crippen LogP contribution in [0.1, 0.15) is 17.0 Å². The van der Waals surface area contributed by atoms with Crippen LogP contribution in [0, 0.1) is 0 Å². The monoisotopic (exact) mass is 427 g/mol. The summed E-state index contributed by atoms with van der Waals surface area (Å²) >= 11 is 0. The fraction of sp³-hybridized carbons (Fsp3) is 0.625. The van der Waals surface area contributed by atoms with E-state index in [2.05, 4.69) is 9.97 Å². The Morgan fingerprint density at radius 1 is 1.31 bits per heavy atom. The van der Waals surface area contributed by atoms with Gasteiger partial charge in [0.1, 0.15) is 6.04 Å². The number of imidazole rings is 1. The molecule has 0 unspecified atom stereocenters. The number of hydrogen-bond donors (Lipinski definition) is 2. The van der Waals surface area contributed by atoms with Gasteiger partial charge in [-0.2, -0.15) is 8.42 Å². The fourth-order valence-electron chi connectivity index (χ4n) is 4.35. The number of likely N-dealkylation sites (N-methyl/N-ethyl adjacent to an activating group) is 1. The SMILES string of the molecule is C[N+]1(CC(=O)N2CC[C@@H]3[C@H]2C(=O)N3S(=O)(=O)O)CCN(C(=O)c2ncc[nH]2)CC1. The van der Waals surface area contributed by atoms with Crippen LogP contribution in [0.3, 0.4) is 0 Å². The molecule has 13 heteroatoms. The summed E-state index contributed by atoms with van der Waals surface area (Å²) in [6.07, 6.45) is 3.42. The first-order chi connectivity index (χ1) is 13.6. The van der Waals surface area contributed by atoms with Crippen molar-refractivity contribution in [1.82, 2.24) is 24.1 Å². The van der Waals surface area contributed by atoms with Crippen molar-refractivity contribution < 1.29 is 31.8 Å². The van der Waals surface area contributed by atoms with Crippen molar-refractivity contribution in [1.29, 1.82) is 0 Å². The molecule has 4 rings (SSSR count). The number of piperazine rings is 1. The van der Waals surface area contributed by atoms with E-state index in [1.54, 1.807) is 11.1 Å². The lowest BCUT2D eigenvalue weighted by molar-refractivity contribution is -0.905. The number of hydrogen-bond acceptors (Lipinski definition) is 6. The maximum atomic E-state index is 12.8. The van der Waals surface area contributed by atoms with Crippen molar-refractivity contribution in [2.75, 3.05) is 46.3 Å². The third-order valence-corrected chi connectivity index (χ3v) is 6.98. The van der Waals surface area contributed by atoms with E-state index >= 15 is 0 Å². The van der Waals surface area contributed by atoms with Crippen LogP contribution in [-0.4, -0.2) is 118 Å². The van der Waals surface area contributed by atoms with Gasteiger partial charge in [-0.1, -0.05) is 0 Å². The average molecular weight is 427 g/mol. The number of likely N-dealkylation sites (tertiary alicyclic amines) is 1. The number of amides is 3. The van der Waals surface area contributed by atoms with Gasteiger partial charge in [0.15, 0.2) is 12.4 Å². The fourth-order valence-corrected chi connectivity index (χ4v) is 5.25. The Labute approximate surface area is 167 Å². The molecule has 0 saturated carbocycles. The van der Waals surface area contributed by atoms with Gasteiger partial charge in [0.05, 0.1) is 39.3 Å². The molecule has 2 N–H and O–H groups in total. The Balaban J connectivity index is 1.35. The normalized spacial score (nSPS) is 26.3. The quantitative estimate of drug-likeness (QED) is 0.319. The first-order valence-corrected chi connectivity index (χ1v) is 10.7. The molecule has 3 saturated heterocycles. The van der Waals surface area contributed by atoms with E-state index in [0.717, 1.165) is 0 Å². The Morgan fingerprint density at radius 2 is 2.00 bits per heavy atom. The van der Waals surface area contributed by atoms with Gasteiger partial charge in [-0.25, -0.2) is 9.29 Å². The molecule has 12 nitrogen and oxygen atoms in total. The van der Waals surface area contributed by atoms with Crippen molar-refractivity contribution in [2.24, 2.45) is 0 Å². The number of aromatic nitrogens is 2. The number of β-lactam (4-membered cyclic amide) rings is 1. The predicted molar refractivity (Wildman–Crippen MR) is 97.6 cm³/mol. The highest BCUT2D eigenvalue weighted by molar-refractivity contribution is 7.84. The van der Waals surface area contributed by atoms with Crippen LogP contribution < -0.4 is 0 Å². The highest BCUT2D eigenvalue weighted by Gasteiger charge is 2.60. The molecule has 0 radical (unpaired) electrons. The molecule has 1 aromatic rings. The highest BCUT2D eigenvalue weighted by atomic mass is 32.2. The molecule has 2 atom stereocenters. The minimum atomic E-state index is -4.59. The van der Waals surface area contributed by atoms with Crippen LogP contribution in [-0.2, 0) is 19.9 Å². The maximum Gasteiger partial charge on any atom is 0.362 e. The number of quaternary nitrogens is 1. The molecule has 29 heavy (non-hydrogen) atoms. The smallest absolute Gasteiger partial charge is 0.341 e. The van der Waals surface area contributed by atoms with E-state index in [9.17, 15) is 22.8 Å². The predicted octanol–water partition coefficient (Wildman–Crippen LogP) is -2.07. The van der Waals surface area contributed by atoms with Gasteiger partial charge in [-0.05, 0) is 6.42 Å². The summed E-state index contributed by atoms with van der Waals surface area (Å²) in [4.78, 5) is 47.2. The second-order valence-electron chi connectivity index (χ2n) is 7.95. The molecule has 3 aliphatic rings. The zero-order valence-corrected chi connectivity index (χ0v) is 16.7. The van der Waals surface area contributed by atoms with Gasteiger partial charge < -0.3 is 19.3 Å². The first kappa shape index (κ1) is 19.8. The molecular formula is C16H23N6O6S+. The third-order valence-electron chi connectivity index (χ3n) is 6.03. The van der Waals surface area contributed by atoms with Gasteiger partial charge in [0, 0.05) is 18.9 Å². The van der Waals surface area contributed by atoms with Crippen LogP contribution in [0.2, 0.25) is 0 Å². The molecule has 4 heterocycles. The van der Waals surface area contributed by atoms with Crippen LogP contribution in [0.5, 0.6) is 0 Å². The Morgan fingerprint density at radius 3 is 2.59 bits per heavy atom. The standard InChI is InChI=1S/C16H22N6O6S/c1-22(8-6-19(7-9-22)16(25)14-17-3-4-18-14)10-12(23)20-5-2-11-13(20)15(24)21(11)29(26,27)28/h3-4,11,13H,2,5-10H2,1H3,(H-,17,18,25,26,27,28)/p+1/t11-,13+/m1/s1. The molecule has 0 aromatic carbocycles. The van der Waals surface area contributed by atoms with Crippen molar-refractivity contribution >= 4 is 28.0 Å². The average Bonchev–Trinajstić information content (AvgIpc) is 3.28. The van der Waals surface area contributed by atoms with E-state index in [1.807, 2.05) is 7.05 Å². The number of nitrogens with one attached hydrogen (secondary N) is 1. The summed E-state index contributed by atoms with van der Waals surface area (Å²) in [6, 6.07) is -1.51. The van der Waals surface area contributed by atoms with Crippen LogP contribution in [0.4, 0.5) is 0 Å². The van der Waals surface area contributed by atoms with E-state index < -0.39 is 28.3 Å². The minimum absolute atomic E-state index is 0.158. The molecule has 0 aliphatic carbocycles. The lowest BCUT2D eigenvalue weighted by Crippen LogP contribution is -2.69. The summed E-state index contributed by atoms with van der Waals surface area (Å²) in [5.41, 5.74) is 0. The molecule has 3 aliphatic heterocycles. The number of rotatable bonds is 4. The Kier molecular flexibility index (Phi) is 4.63. The molecular weight excluding hydrogens is 404 g/mol. The summed E-state index contributed by atoms with van der Waals surface area (Å²) in [5, 5.41) is 0. The molecule has 1 aromatic heterocycles. The summed E-state index contributed by atoms with van der Waals surface area (Å²) in [5.74, 6) is -0.887. The highest BCUT2D eigenvalue weighted by Crippen LogP contribution is 2.35. The number of fused-ring (bicyclic) bond motifs is 1. The summed E-state index contributed by atoms with van der Waals surface area (Å²) < 4.78 is 32.6. The summed E-state index contributed by atoms with van der Waals surface area (Å²) in [6.45, 7) is 2.53. The molecule has 0 spiro atoms. The van der Waals surface area contributed by atoms with Gasteiger partial charge >= 0.3 is 10.3 Å². The van der Waals surface area contributed by atoms with E-state index in [-0.39, 0.29) is 30.7 Å². The van der Waals surface area contributed by atoms with Crippen molar-refractivity contribution in [3.8, 4) is 0 Å². The maximum absolute atomic E-state index is 12.8. The van der Waals surface area contributed by atoms with Gasteiger partial charge in [0.25, 0.3) is 17.7 Å². The Bertz CT molecular complexity index is 939. The zero-order valence-electron chi connectivity index (χ0n) is 15.9. The van der Waals surface area contributed by atoms with Crippen LogP contribution in [0.25, 0.3) is 0 Å². The number of aromatic amines is 1. The van der Waals surface area contributed by atoms with Crippen molar-refractivity contribution in [2.45, 2.75) is 18.5 Å². The van der Waals surface area contributed by atoms with Gasteiger partial charge in [-0.3, -0.25) is 18.9 Å². The largest absolute Gasteiger partial charge is 0.362 e. The minimum Gasteiger partial charge on any atom is -0.341 e. The van der Waals surface area contributed by atoms with Crippen molar-refractivity contribution in [3.63, 3.8) is 0 Å². The molecule has 0 bridgehead atoms. The number of nitrogens with zero attached hydrogens (tertiary/aromatic N) is 5. The zero-order chi connectivity index (χ0) is 21.0.